The summed E-state index contributed by atoms with van der Waals surface area (Å²) in [6, 6.07) is 9.68. The van der Waals surface area contributed by atoms with Crippen molar-refractivity contribution in [3.63, 3.8) is 0 Å². The molecule has 0 bridgehead atoms. The maximum absolute atomic E-state index is 13.0. The van der Waals surface area contributed by atoms with Gasteiger partial charge in [-0.1, -0.05) is 30.3 Å². The molecule has 2 aromatic heterocycles. The highest BCUT2D eigenvalue weighted by Gasteiger charge is 2.34. The van der Waals surface area contributed by atoms with E-state index in [9.17, 15) is 9.59 Å². The van der Waals surface area contributed by atoms with Crippen LogP contribution in [-0.2, 0) is 6.42 Å². The van der Waals surface area contributed by atoms with E-state index in [1.807, 2.05) is 49.1 Å². The van der Waals surface area contributed by atoms with Gasteiger partial charge in [0.15, 0.2) is 0 Å². The minimum Gasteiger partial charge on any atom is -0.328 e. The lowest BCUT2D eigenvalue weighted by atomic mass is 10.0. The summed E-state index contributed by atoms with van der Waals surface area (Å²) in [5, 5.41) is 0. The molecule has 144 valence electrons. The number of hydrogen-bond donors (Lipinski definition) is 1. The first-order chi connectivity index (χ1) is 13.5. The van der Waals surface area contributed by atoms with Gasteiger partial charge in [-0.2, -0.15) is 0 Å². The molecule has 0 unspecified atom stereocenters. The molecule has 1 aliphatic rings. The van der Waals surface area contributed by atoms with Gasteiger partial charge in [-0.3, -0.25) is 9.59 Å². The number of benzene rings is 1. The van der Waals surface area contributed by atoms with Gasteiger partial charge in [0.2, 0.25) is 0 Å². The lowest BCUT2D eigenvalue weighted by molar-refractivity contribution is 0.0733. The van der Waals surface area contributed by atoms with Crippen LogP contribution in [0.2, 0.25) is 0 Å². The molecule has 3 aromatic rings. The molecule has 28 heavy (non-hydrogen) atoms. The summed E-state index contributed by atoms with van der Waals surface area (Å²) in [5.74, 6) is 0.545. The minimum absolute atomic E-state index is 0.0313. The van der Waals surface area contributed by atoms with Crippen LogP contribution in [0.5, 0.6) is 0 Å². The minimum atomic E-state index is -0.203. The molecule has 0 saturated carbocycles. The topological polar surface area (TPSA) is 79.0 Å². The van der Waals surface area contributed by atoms with Crippen LogP contribution >= 0.6 is 11.3 Å². The molecule has 3 heterocycles. The van der Waals surface area contributed by atoms with Gasteiger partial charge < -0.3 is 9.88 Å². The second kappa shape index (κ2) is 7.67. The number of carbonyl (C=O) groups excluding carboxylic acids is 1. The van der Waals surface area contributed by atoms with Crippen LogP contribution < -0.4 is 5.56 Å². The Morgan fingerprint density at radius 2 is 2.04 bits per heavy atom. The fourth-order valence-corrected chi connectivity index (χ4v) is 4.49. The summed E-state index contributed by atoms with van der Waals surface area (Å²) >= 11 is 1.36. The van der Waals surface area contributed by atoms with E-state index in [4.69, 9.17) is 0 Å². The average Bonchev–Trinajstić information content (AvgIpc) is 3.34. The molecule has 0 spiro atoms. The SMILES string of the molecule is Cc1ncsc1C(=O)N1CCC[C@H]1c1nc(C)c(Cc2ccccc2)c(=O)[nH]1. The number of rotatable bonds is 4. The summed E-state index contributed by atoms with van der Waals surface area (Å²) < 4.78 is 0. The number of thiazole rings is 1. The van der Waals surface area contributed by atoms with Crippen molar-refractivity contribution in [1.29, 1.82) is 0 Å². The van der Waals surface area contributed by atoms with Gasteiger partial charge in [0.25, 0.3) is 11.5 Å². The Bertz CT molecular complexity index is 1060. The largest absolute Gasteiger partial charge is 0.328 e. The molecule has 1 aromatic carbocycles. The molecule has 6 nitrogen and oxygen atoms in total. The van der Waals surface area contributed by atoms with E-state index in [1.165, 1.54) is 11.3 Å². The standard InChI is InChI=1S/C21H22N4O2S/c1-13-16(11-15-7-4-3-5-8-15)20(26)24-19(23-13)17-9-6-10-25(17)21(27)18-14(2)22-12-28-18/h3-5,7-8,12,17H,6,9-11H2,1-2H3,(H,23,24,26)/t17-/m0/s1. The summed E-state index contributed by atoms with van der Waals surface area (Å²) in [7, 11) is 0. The Hall–Kier alpha value is -2.80. The Morgan fingerprint density at radius 1 is 1.25 bits per heavy atom. The highest BCUT2D eigenvalue weighted by atomic mass is 32.1. The average molecular weight is 395 g/mol. The van der Waals surface area contributed by atoms with Crippen molar-refractivity contribution in [2.24, 2.45) is 0 Å². The van der Waals surface area contributed by atoms with Gasteiger partial charge in [-0.15, -0.1) is 11.3 Å². The first kappa shape index (κ1) is 18.6. The first-order valence-corrected chi connectivity index (χ1v) is 10.3. The molecule has 1 saturated heterocycles. The van der Waals surface area contributed by atoms with Crippen LogP contribution in [-0.4, -0.2) is 32.3 Å². The zero-order valence-corrected chi connectivity index (χ0v) is 16.8. The van der Waals surface area contributed by atoms with Crippen molar-refractivity contribution < 1.29 is 4.79 Å². The molecule has 1 aliphatic heterocycles. The normalized spacial score (nSPS) is 16.5. The lowest BCUT2D eigenvalue weighted by Gasteiger charge is -2.24. The highest BCUT2D eigenvalue weighted by molar-refractivity contribution is 7.11. The monoisotopic (exact) mass is 394 g/mol. The van der Waals surface area contributed by atoms with Gasteiger partial charge in [0, 0.05) is 24.2 Å². The summed E-state index contributed by atoms with van der Waals surface area (Å²) in [6.45, 7) is 4.37. The number of aromatic amines is 1. The fraction of sp³-hybridized carbons (Fsp3) is 0.333. The number of nitrogens with zero attached hydrogens (tertiary/aromatic N) is 3. The molecule has 0 aliphatic carbocycles. The van der Waals surface area contributed by atoms with Crippen molar-refractivity contribution in [1.82, 2.24) is 19.9 Å². The van der Waals surface area contributed by atoms with Crippen LogP contribution in [0.25, 0.3) is 0 Å². The van der Waals surface area contributed by atoms with Crippen LogP contribution in [0.1, 0.15) is 56.9 Å². The van der Waals surface area contributed by atoms with Crippen molar-refractivity contribution in [2.45, 2.75) is 39.2 Å². The van der Waals surface area contributed by atoms with Crippen LogP contribution in [0.15, 0.2) is 40.6 Å². The number of aryl methyl sites for hydroxylation is 2. The van der Waals surface area contributed by atoms with Crippen molar-refractivity contribution in [2.75, 3.05) is 6.54 Å². The number of amides is 1. The molecule has 7 heteroatoms. The molecule has 1 atom stereocenters. The molecular weight excluding hydrogens is 372 g/mol. The number of likely N-dealkylation sites (tertiary alicyclic amines) is 1. The molecule has 4 rings (SSSR count). The molecular formula is C21H22N4O2S. The van der Waals surface area contributed by atoms with E-state index in [-0.39, 0.29) is 17.5 Å². The Morgan fingerprint density at radius 3 is 2.71 bits per heavy atom. The number of carbonyl (C=O) groups is 1. The predicted octanol–water partition coefficient (Wildman–Crippen LogP) is 3.41. The third-order valence-corrected chi connectivity index (χ3v) is 6.15. The number of aromatic nitrogens is 3. The molecule has 1 N–H and O–H groups in total. The van der Waals surface area contributed by atoms with Crippen molar-refractivity contribution in [3.05, 3.63) is 79.4 Å². The summed E-state index contributed by atoms with van der Waals surface area (Å²) in [6.07, 6.45) is 2.23. The fourth-order valence-electron chi connectivity index (χ4n) is 3.73. The quantitative estimate of drug-likeness (QED) is 0.735. The first-order valence-electron chi connectivity index (χ1n) is 9.39. The maximum atomic E-state index is 13.0. The van der Waals surface area contributed by atoms with E-state index in [1.54, 1.807) is 5.51 Å². The van der Waals surface area contributed by atoms with Gasteiger partial charge in [0.05, 0.1) is 17.2 Å². The molecule has 1 amide bonds. The Balaban J connectivity index is 1.63. The van der Waals surface area contributed by atoms with Crippen molar-refractivity contribution >= 4 is 17.2 Å². The smallest absolute Gasteiger partial charge is 0.266 e. The number of hydrogen-bond acceptors (Lipinski definition) is 5. The predicted molar refractivity (Wildman–Crippen MR) is 109 cm³/mol. The highest BCUT2D eigenvalue weighted by Crippen LogP contribution is 2.32. The van der Waals surface area contributed by atoms with Crippen LogP contribution in [0.3, 0.4) is 0 Å². The van der Waals surface area contributed by atoms with Gasteiger partial charge in [-0.05, 0) is 32.3 Å². The second-order valence-electron chi connectivity index (χ2n) is 7.10. The zero-order valence-electron chi connectivity index (χ0n) is 15.9. The third kappa shape index (κ3) is 3.49. The van der Waals surface area contributed by atoms with E-state index in [2.05, 4.69) is 15.0 Å². The van der Waals surface area contributed by atoms with E-state index >= 15 is 0 Å². The third-order valence-electron chi connectivity index (χ3n) is 5.23. The summed E-state index contributed by atoms with van der Waals surface area (Å²) in [4.78, 5) is 40.0. The Labute approximate surface area is 167 Å². The molecule has 1 fully saturated rings. The zero-order chi connectivity index (χ0) is 19.7. The Kier molecular flexibility index (Phi) is 5.09. The maximum Gasteiger partial charge on any atom is 0.266 e. The summed E-state index contributed by atoms with van der Waals surface area (Å²) in [5.41, 5.74) is 4.77. The van der Waals surface area contributed by atoms with E-state index in [0.29, 0.717) is 29.2 Å². The van der Waals surface area contributed by atoms with Gasteiger partial charge in [0.1, 0.15) is 10.7 Å². The van der Waals surface area contributed by atoms with Gasteiger partial charge in [-0.25, -0.2) is 9.97 Å². The van der Waals surface area contributed by atoms with Crippen LogP contribution in [0.4, 0.5) is 0 Å². The second-order valence-corrected chi connectivity index (χ2v) is 7.96. The van der Waals surface area contributed by atoms with E-state index < -0.39 is 0 Å². The number of H-pyrrole nitrogens is 1. The molecule has 0 radical (unpaired) electrons. The van der Waals surface area contributed by atoms with E-state index in [0.717, 1.165) is 29.8 Å². The lowest BCUT2D eigenvalue weighted by Crippen LogP contribution is -2.33. The van der Waals surface area contributed by atoms with Gasteiger partial charge >= 0.3 is 0 Å². The van der Waals surface area contributed by atoms with Crippen molar-refractivity contribution in [3.8, 4) is 0 Å². The number of nitrogens with one attached hydrogen (secondary N) is 1. The van der Waals surface area contributed by atoms with Crippen LogP contribution in [0, 0.1) is 13.8 Å².